The van der Waals surface area contributed by atoms with Gasteiger partial charge in [-0.1, -0.05) is 90.2 Å². The molecule has 0 aromatic heterocycles. The van der Waals surface area contributed by atoms with Crippen LogP contribution in [-0.2, 0) is 0 Å². The summed E-state index contributed by atoms with van der Waals surface area (Å²) >= 11 is 5.93. The normalized spacial score (nSPS) is 12.6. The number of ketones is 1. The van der Waals surface area contributed by atoms with E-state index in [0.29, 0.717) is 21.7 Å². The van der Waals surface area contributed by atoms with Crippen LogP contribution >= 0.6 is 11.6 Å². The zero-order valence-corrected chi connectivity index (χ0v) is 15.1. The molecule has 3 aromatic rings. The third-order valence-corrected chi connectivity index (χ3v) is 4.43. The maximum Gasteiger partial charge on any atom is 0.190 e. The molecule has 0 fully saturated rings. The zero-order chi connectivity index (χ0) is 19.2. The summed E-state index contributed by atoms with van der Waals surface area (Å²) in [6, 6.07) is 25.7. The van der Waals surface area contributed by atoms with Crippen molar-refractivity contribution in [2.24, 2.45) is 0 Å². The molecule has 0 bridgehead atoms. The Labute approximate surface area is 162 Å². The van der Waals surface area contributed by atoms with Crippen LogP contribution in [0.3, 0.4) is 0 Å². The van der Waals surface area contributed by atoms with Crippen LogP contribution in [0.4, 0.5) is 0 Å². The molecule has 0 amide bonds. The monoisotopic (exact) mass is 372 g/mol. The molecule has 0 saturated carbocycles. The summed E-state index contributed by atoms with van der Waals surface area (Å²) in [4.78, 5) is 13.2. The number of nitrogens with zero attached hydrogens (tertiary/aromatic N) is 1. The van der Waals surface area contributed by atoms with E-state index in [0.717, 1.165) is 0 Å². The molecule has 132 valence electrons. The number of benzene rings is 3. The predicted molar refractivity (Wildman–Crippen MR) is 104 cm³/mol. The molecule has 0 radical (unpaired) electrons. The van der Waals surface area contributed by atoms with Gasteiger partial charge in [0.25, 0.3) is 0 Å². The fourth-order valence-electron chi connectivity index (χ4n) is 2.82. The van der Waals surface area contributed by atoms with Crippen molar-refractivity contribution in [1.82, 2.24) is 0 Å². The maximum atomic E-state index is 13.2. The van der Waals surface area contributed by atoms with Crippen molar-refractivity contribution in [3.63, 3.8) is 0 Å². The number of carbonyl (C=O) groups is 1. The van der Waals surface area contributed by atoms with Crippen LogP contribution in [0.1, 0.15) is 27.4 Å². The second-order valence-electron chi connectivity index (χ2n) is 5.92. The predicted octanol–water partition coefficient (Wildman–Crippen LogP) is 4.60. The lowest BCUT2D eigenvalue weighted by atomic mass is 9.85. The number of hydrogen-bond acceptors (Lipinski definition) is 3. The highest BCUT2D eigenvalue weighted by molar-refractivity contribution is 6.30. The first-order chi connectivity index (χ1) is 13.1. The Morgan fingerprint density at radius 3 is 1.89 bits per heavy atom. The highest BCUT2D eigenvalue weighted by atomic mass is 35.5. The van der Waals surface area contributed by atoms with Crippen molar-refractivity contribution in [2.45, 2.75) is 5.92 Å². The summed E-state index contributed by atoms with van der Waals surface area (Å²) in [7, 11) is 0. The summed E-state index contributed by atoms with van der Waals surface area (Å²) in [5, 5.41) is 23.5. The summed E-state index contributed by atoms with van der Waals surface area (Å²) in [5.41, 5.74) is 1.21. The first kappa shape index (κ1) is 18.4. The molecule has 3 aromatic carbocycles. The van der Waals surface area contributed by atoms with Crippen LogP contribution in [0, 0.1) is 11.3 Å². The minimum Gasteiger partial charge on any atom is -0.872 e. The largest absolute Gasteiger partial charge is 0.872 e. The number of allylic oxidation sites excluding steroid dienone is 1. The number of carbonyl (C=O) groups excluding carboxylic acids is 1. The van der Waals surface area contributed by atoms with Crippen molar-refractivity contribution in [3.8, 4) is 6.07 Å². The van der Waals surface area contributed by atoms with Gasteiger partial charge >= 0.3 is 0 Å². The second-order valence-corrected chi connectivity index (χ2v) is 6.35. The van der Waals surface area contributed by atoms with E-state index in [-0.39, 0.29) is 5.57 Å². The molecule has 1 unspecified atom stereocenters. The van der Waals surface area contributed by atoms with Gasteiger partial charge in [0.2, 0.25) is 0 Å². The van der Waals surface area contributed by atoms with E-state index >= 15 is 0 Å². The Bertz CT molecular complexity index is 1000. The van der Waals surface area contributed by atoms with E-state index in [2.05, 4.69) is 6.07 Å². The van der Waals surface area contributed by atoms with E-state index in [1.165, 1.54) is 0 Å². The average Bonchev–Trinajstić information content (AvgIpc) is 2.73. The summed E-state index contributed by atoms with van der Waals surface area (Å²) < 4.78 is 0. The lowest BCUT2D eigenvalue weighted by molar-refractivity contribution is -0.244. The quantitative estimate of drug-likeness (QED) is 0.373. The van der Waals surface area contributed by atoms with Crippen molar-refractivity contribution in [3.05, 3.63) is 112 Å². The fraction of sp³-hybridized carbons (Fsp3) is 0.0435. The number of nitriles is 1. The summed E-state index contributed by atoms with van der Waals surface area (Å²) in [6.45, 7) is 0. The van der Waals surface area contributed by atoms with E-state index in [9.17, 15) is 15.2 Å². The third kappa shape index (κ3) is 4.08. The van der Waals surface area contributed by atoms with E-state index < -0.39 is 17.5 Å². The summed E-state index contributed by atoms with van der Waals surface area (Å²) in [6.07, 6.45) is 0. The van der Waals surface area contributed by atoms with Crippen LogP contribution in [0.5, 0.6) is 0 Å². The van der Waals surface area contributed by atoms with E-state index in [4.69, 9.17) is 11.6 Å². The van der Waals surface area contributed by atoms with Gasteiger partial charge in [-0.25, -0.2) is 0 Å². The molecular formula is C23H15ClNO2-. The highest BCUT2D eigenvalue weighted by Crippen LogP contribution is 2.31. The molecule has 0 saturated heterocycles. The Morgan fingerprint density at radius 2 is 1.37 bits per heavy atom. The minimum atomic E-state index is -0.998. The fourth-order valence-corrected chi connectivity index (χ4v) is 2.94. The molecule has 0 heterocycles. The molecule has 3 rings (SSSR count). The second kappa shape index (κ2) is 8.35. The lowest BCUT2D eigenvalue weighted by Crippen LogP contribution is -2.19. The Morgan fingerprint density at radius 1 is 0.852 bits per heavy atom. The smallest absolute Gasteiger partial charge is 0.190 e. The van der Waals surface area contributed by atoms with Crippen LogP contribution in [0.25, 0.3) is 5.76 Å². The average molecular weight is 373 g/mol. The van der Waals surface area contributed by atoms with Gasteiger partial charge in [0, 0.05) is 16.2 Å². The number of hydrogen-bond donors (Lipinski definition) is 0. The van der Waals surface area contributed by atoms with Gasteiger partial charge in [-0.15, -0.1) is 0 Å². The Balaban J connectivity index is 2.19. The molecule has 0 aliphatic heterocycles. The summed E-state index contributed by atoms with van der Waals surface area (Å²) in [5.74, 6) is -1.90. The van der Waals surface area contributed by atoms with E-state index in [1.54, 1.807) is 84.9 Å². The first-order valence-electron chi connectivity index (χ1n) is 8.33. The molecule has 1 atom stereocenters. The van der Waals surface area contributed by atoms with Gasteiger partial charge in [-0.2, -0.15) is 5.26 Å². The lowest BCUT2D eigenvalue weighted by Gasteiger charge is -2.23. The molecule has 27 heavy (non-hydrogen) atoms. The van der Waals surface area contributed by atoms with E-state index in [1.807, 2.05) is 0 Å². The maximum absolute atomic E-state index is 13.2. The van der Waals surface area contributed by atoms with Crippen molar-refractivity contribution in [2.75, 3.05) is 0 Å². The van der Waals surface area contributed by atoms with Crippen molar-refractivity contribution < 1.29 is 9.90 Å². The van der Waals surface area contributed by atoms with Crippen LogP contribution in [0.15, 0.2) is 90.5 Å². The van der Waals surface area contributed by atoms with Gasteiger partial charge in [-0.3, -0.25) is 4.79 Å². The molecule has 0 spiro atoms. The Kier molecular flexibility index (Phi) is 5.71. The molecular weight excluding hydrogens is 358 g/mol. The minimum absolute atomic E-state index is 0.0720. The first-order valence-corrected chi connectivity index (χ1v) is 8.71. The van der Waals surface area contributed by atoms with Gasteiger partial charge in [-0.05, 0) is 23.3 Å². The van der Waals surface area contributed by atoms with Gasteiger partial charge < -0.3 is 5.11 Å². The van der Waals surface area contributed by atoms with Crippen LogP contribution in [-0.4, -0.2) is 5.78 Å². The standard InChI is InChI=1S/C23H16ClNO2/c24-19-13-11-16(12-14-19)20(15-25)21(22(26)17-7-3-1-4-8-17)23(27)18-9-5-2-6-10-18/h1-14,20,26H/p-1/b22-21-. The van der Waals surface area contributed by atoms with Gasteiger partial charge in [0.05, 0.1) is 12.0 Å². The number of Topliss-reactive ketones (excluding diaryl/α,β-unsaturated/α-hetero) is 1. The topological polar surface area (TPSA) is 63.9 Å². The Hall–Kier alpha value is -3.35. The van der Waals surface area contributed by atoms with Gasteiger partial charge in [0.1, 0.15) is 0 Å². The molecule has 0 N–H and O–H groups in total. The van der Waals surface area contributed by atoms with Crippen molar-refractivity contribution in [1.29, 1.82) is 5.26 Å². The van der Waals surface area contributed by atoms with Crippen LogP contribution in [0.2, 0.25) is 5.02 Å². The third-order valence-electron chi connectivity index (χ3n) is 4.18. The molecule has 0 aliphatic rings. The highest BCUT2D eigenvalue weighted by Gasteiger charge is 2.25. The van der Waals surface area contributed by atoms with Crippen molar-refractivity contribution >= 4 is 23.1 Å². The SMILES string of the molecule is N#CC(/C(C(=O)c1ccccc1)=C(/[O-])c1ccccc1)c1ccc(Cl)cc1. The number of rotatable bonds is 5. The van der Waals surface area contributed by atoms with Crippen LogP contribution < -0.4 is 5.11 Å². The molecule has 4 heteroatoms. The molecule has 0 aliphatic carbocycles. The number of halogens is 1. The molecule has 3 nitrogen and oxygen atoms in total. The zero-order valence-electron chi connectivity index (χ0n) is 14.3. The van der Waals surface area contributed by atoms with Gasteiger partial charge in [0.15, 0.2) is 5.78 Å².